The van der Waals surface area contributed by atoms with Crippen molar-refractivity contribution in [3.63, 3.8) is 0 Å². The summed E-state index contributed by atoms with van der Waals surface area (Å²) >= 11 is 0. The molecule has 2 N–H and O–H groups in total. The first-order chi connectivity index (χ1) is 8.15. The maximum atomic E-state index is 13.2. The van der Waals surface area contributed by atoms with Crippen LogP contribution in [0.25, 0.3) is 0 Å². The Kier molecular flexibility index (Phi) is 3.68. The molecule has 1 atom stereocenters. The first-order valence-electron chi connectivity index (χ1n) is 5.61. The van der Waals surface area contributed by atoms with Gasteiger partial charge in [-0.2, -0.15) is 0 Å². The Labute approximate surface area is 98.2 Å². The van der Waals surface area contributed by atoms with Crippen molar-refractivity contribution in [2.45, 2.75) is 12.8 Å². The zero-order valence-electron chi connectivity index (χ0n) is 9.30. The second-order valence-corrected chi connectivity index (χ2v) is 4.24. The molecule has 17 heavy (non-hydrogen) atoms. The number of rotatable bonds is 3. The van der Waals surface area contributed by atoms with E-state index in [1.165, 1.54) is 0 Å². The molecule has 1 aromatic carbocycles. The molecule has 1 aliphatic rings. The molecule has 0 radical (unpaired) electrons. The third-order valence-corrected chi connectivity index (χ3v) is 2.84. The molecular formula is C12H14F2N2O. The number of halogens is 2. The number of carbonyl (C=O) groups excluding carboxylic acids is 1. The van der Waals surface area contributed by atoms with Gasteiger partial charge in [0.1, 0.15) is 11.6 Å². The maximum Gasteiger partial charge on any atom is 0.224 e. The van der Waals surface area contributed by atoms with Crippen molar-refractivity contribution in [2.75, 3.05) is 18.4 Å². The molecule has 1 unspecified atom stereocenters. The van der Waals surface area contributed by atoms with Crippen LogP contribution in [0.2, 0.25) is 0 Å². The SMILES string of the molecule is O=C(CC1CCNC1)Nc1cc(F)ccc1F. The molecule has 0 aromatic heterocycles. The van der Waals surface area contributed by atoms with Crippen LogP contribution in [0.3, 0.4) is 0 Å². The van der Waals surface area contributed by atoms with Gasteiger partial charge in [0.2, 0.25) is 5.91 Å². The Morgan fingerprint density at radius 2 is 2.29 bits per heavy atom. The standard InChI is InChI=1S/C12H14F2N2O/c13-9-1-2-10(14)11(6-9)16-12(17)5-8-3-4-15-7-8/h1-2,6,8,15H,3-5,7H2,(H,16,17). The molecule has 1 fully saturated rings. The molecule has 92 valence electrons. The average molecular weight is 240 g/mol. The van der Waals surface area contributed by atoms with Gasteiger partial charge in [0.05, 0.1) is 5.69 Å². The van der Waals surface area contributed by atoms with Gasteiger partial charge in [0.15, 0.2) is 0 Å². The highest BCUT2D eigenvalue weighted by Gasteiger charge is 2.18. The van der Waals surface area contributed by atoms with E-state index in [1.54, 1.807) is 0 Å². The summed E-state index contributed by atoms with van der Waals surface area (Å²) in [5.41, 5.74) is -0.0963. The summed E-state index contributed by atoms with van der Waals surface area (Å²) in [4.78, 5) is 11.6. The van der Waals surface area contributed by atoms with Crippen LogP contribution < -0.4 is 10.6 Å². The first-order valence-corrected chi connectivity index (χ1v) is 5.61. The lowest BCUT2D eigenvalue weighted by molar-refractivity contribution is -0.117. The smallest absolute Gasteiger partial charge is 0.224 e. The number of carbonyl (C=O) groups is 1. The molecule has 0 aliphatic carbocycles. The van der Waals surface area contributed by atoms with Crippen molar-refractivity contribution in [1.82, 2.24) is 5.32 Å². The number of benzene rings is 1. The van der Waals surface area contributed by atoms with Crippen molar-refractivity contribution in [3.8, 4) is 0 Å². The van der Waals surface area contributed by atoms with E-state index in [2.05, 4.69) is 10.6 Å². The Morgan fingerprint density at radius 1 is 1.47 bits per heavy atom. The summed E-state index contributed by atoms with van der Waals surface area (Å²) in [6, 6.07) is 3.01. The highest BCUT2D eigenvalue weighted by Crippen LogP contribution is 2.17. The number of amides is 1. The normalized spacial score (nSPS) is 19.3. The summed E-state index contributed by atoms with van der Waals surface area (Å²) in [7, 11) is 0. The van der Waals surface area contributed by atoms with E-state index in [4.69, 9.17) is 0 Å². The molecule has 0 spiro atoms. The third kappa shape index (κ3) is 3.23. The second-order valence-electron chi connectivity index (χ2n) is 4.24. The number of hydrogen-bond acceptors (Lipinski definition) is 2. The van der Waals surface area contributed by atoms with Crippen LogP contribution >= 0.6 is 0 Å². The van der Waals surface area contributed by atoms with Crippen LogP contribution in [-0.2, 0) is 4.79 Å². The van der Waals surface area contributed by atoms with E-state index in [9.17, 15) is 13.6 Å². The van der Waals surface area contributed by atoms with Gasteiger partial charge >= 0.3 is 0 Å². The van der Waals surface area contributed by atoms with Gasteiger partial charge < -0.3 is 10.6 Å². The van der Waals surface area contributed by atoms with Crippen molar-refractivity contribution in [3.05, 3.63) is 29.8 Å². The molecule has 3 nitrogen and oxygen atoms in total. The van der Waals surface area contributed by atoms with Gasteiger partial charge in [-0.25, -0.2) is 8.78 Å². The van der Waals surface area contributed by atoms with Crippen LogP contribution in [0.15, 0.2) is 18.2 Å². The lowest BCUT2D eigenvalue weighted by atomic mass is 10.0. The van der Waals surface area contributed by atoms with E-state index >= 15 is 0 Å². The van der Waals surface area contributed by atoms with Gasteiger partial charge in [0.25, 0.3) is 0 Å². The van der Waals surface area contributed by atoms with Gasteiger partial charge in [-0.05, 0) is 37.6 Å². The van der Waals surface area contributed by atoms with Crippen LogP contribution in [0.1, 0.15) is 12.8 Å². The molecule has 0 bridgehead atoms. The van der Waals surface area contributed by atoms with Gasteiger partial charge in [-0.3, -0.25) is 4.79 Å². The summed E-state index contributed by atoms with van der Waals surface area (Å²) in [5, 5.41) is 5.54. The van der Waals surface area contributed by atoms with Crippen molar-refractivity contribution in [1.29, 1.82) is 0 Å². The summed E-state index contributed by atoms with van der Waals surface area (Å²) < 4.78 is 26.1. The van der Waals surface area contributed by atoms with Gasteiger partial charge in [-0.15, -0.1) is 0 Å². The van der Waals surface area contributed by atoms with E-state index in [0.29, 0.717) is 6.42 Å². The summed E-state index contributed by atoms with van der Waals surface area (Å²) in [5.74, 6) is -1.18. The Morgan fingerprint density at radius 3 is 3.00 bits per heavy atom. The quantitative estimate of drug-likeness (QED) is 0.847. The molecule has 5 heteroatoms. The lowest BCUT2D eigenvalue weighted by Gasteiger charge is -2.09. The number of nitrogens with one attached hydrogen (secondary N) is 2. The molecule has 2 rings (SSSR count). The molecular weight excluding hydrogens is 226 g/mol. The zero-order chi connectivity index (χ0) is 12.3. The van der Waals surface area contributed by atoms with Crippen LogP contribution in [-0.4, -0.2) is 19.0 Å². The predicted octanol–water partition coefficient (Wildman–Crippen LogP) is 1.90. The zero-order valence-corrected chi connectivity index (χ0v) is 9.30. The van der Waals surface area contributed by atoms with Crippen LogP contribution in [0.5, 0.6) is 0 Å². The first kappa shape index (κ1) is 12.0. The largest absolute Gasteiger partial charge is 0.324 e. The van der Waals surface area contributed by atoms with E-state index < -0.39 is 11.6 Å². The molecule has 0 saturated carbocycles. The van der Waals surface area contributed by atoms with Crippen molar-refractivity contribution >= 4 is 11.6 Å². The molecule has 1 amide bonds. The van der Waals surface area contributed by atoms with E-state index in [1.807, 2.05) is 0 Å². The predicted molar refractivity (Wildman–Crippen MR) is 60.6 cm³/mol. The fourth-order valence-electron chi connectivity index (χ4n) is 1.95. The van der Waals surface area contributed by atoms with Crippen LogP contribution in [0.4, 0.5) is 14.5 Å². The molecule has 1 heterocycles. The molecule has 1 saturated heterocycles. The minimum absolute atomic E-state index is 0.0963. The minimum Gasteiger partial charge on any atom is -0.324 e. The Bertz CT molecular complexity index is 417. The van der Waals surface area contributed by atoms with Gasteiger partial charge in [0, 0.05) is 12.5 Å². The number of hydrogen-bond donors (Lipinski definition) is 2. The molecule has 1 aromatic rings. The molecule has 1 aliphatic heterocycles. The Hall–Kier alpha value is -1.49. The van der Waals surface area contributed by atoms with Crippen LogP contribution in [0, 0.1) is 17.6 Å². The number of anilines is 1. The van der Waals surface area contributed by atoms with Gasteiger partial charge in [-0.1, -0.05) is 0 Å². The monoisotopic (exact) mass is 240 g/mol. The topological polar surface area (TPSA) is 41.1 Å². The fourth-order valence-corrected chi connectivity index (χ4v) is 1.95. The third-order valence-electron chi connectivity index (χ3n) is 2.84. The second kappa shape index (κ2) is 5.23. The average Bonchev–Trinajstić information content (AvgIpc) is 2.76. The summed E-state index contributed by atoms with van der Waals surface area (Å²) in [6.45, 7) is 1.71. The lowest BCUT2D eigenvalue weighted by Crippen LogP contribution is -2.19. The maximum absolute atomic E-state index is 13.2. The highest BCUT2D eigenvalue weighted by molar-refractivity contribution is 5.91. The Balaban J connectivity index is 1.95. The highest BCUT2D eigenvalue weighted by atomic mass is 19.1. The minimum atomic E-state index is -0.621. The fraction of sp³-hybridized carbons (Fsp3) is 0.417. The van der Waals surface area contributed by atoms with Crippen molar-refractivity contribution < 1.29 is 13.6 Å². The van der Waals surface area contributed by atoms with E-state index in [0.717, 1.165) is 37.7 Å². The van der Waals surface area contributed by atoms with E-state index in [-0.39, 0.29) is 17.5 Å². The van der Waals surface area contributed by atoms with Crippen molar-refractivity contribution in [2.24, 2.45) is 5.92 Å². The summed E-state index contributed by atoms with van der Waals surface area (Å²) in [6.07, 6.45) is 1.28.